The number of halogens is 1. The number of hydrogen-bond donors (Lipinski definition) is 0. The molecule has 1 aromatic rings. The lowest BCUT2D eigenvalue weighted by Crippen LogP contribution is -2.01. The smallest absolute Gasteiger partial charge is 0.242 e. The van der Waals surface area contributed by atoms with Crippen molar-refractivity contribution >= 4 is 11.6 Å². The number of aryl methyl sites for hydroxylation is 2. The summed E-state index contributed by atoms with van der Waals surface area (Å²) in [5, 5.41) is 4.47. The molecular weight excluding hydrogens is 162 g/mol. The molecule has 0 N–H and O–H groups in total. The van der Waals surface area contributed by atoms with E-state index in [9.17, 15) is 0 Å². The molecule has 11 heavy (non-hydrogen) atoms. The Kier molecular flexibility index (Phi) is 1.82. The van der Waals surface area contributed by atoms with E-state index in [-0.39, 0.29) is 0 Å². The molecule has 4 heteroatoms. The van der Waals surface area contributed by atoms with Crippen molar-refractivity contribution in [2.24, 2.45) is 0 Å². The molecule has 1 aliphatic heterocycles. The zero-order valence-electron chi connectivity index (χ0n) is 6.26. The lowest BCUT2D eigenvalue weighted by molar-refractivity contribution is 0.575. The standard InChI is InChI=1S/C7H10ClN3/c8-7-9-6-4-2-1-3-5-11(6)10-7/h1-5H2. The Bertz CT molecular complexity index is 233. The van der Waals surface area contributed by atoms with Crippen LogP contribution in [0.25, 0.3) is 0 Å². The Morgan fingerprint density at radius 1 is 1.27 bits per heavy atom. The first kappa shape index (κ1) is 7.10. The van der Waals surface area contributed by atoms with Crippen molar-refractivity contribution in [2.45, 2.75) is 32.2 Å². The second-order valence-corrected chi connectivity index (χ2v) is 3.17. The summed E-state index contributed by atoms with van der Waals surface area (Å²) in [6, 6.07) is 0. The summed E-state index contributed by atoms with van der Waals surface area (Å²) in [6.45, 7) is 0.981. The Balaban J connectivity index is 2.32. The van der Waals surface area contributed by atoms with Crippen molar-refractivity contribution in [2.75, 3.05) is 0 Å². The van der Waals surface area contributed by atoms with Crippen LogP contribution in [0.5, 0.6) is 0 Å². The zero-order valence-corrected chi connectivity index (χ0v) is 7.01. The molecule has 60 valence electrons. The third kappa shape index (κ3) is 1.38. The fourth-order valence-electron chi connectivity index (χ4n) is 1.43. The van der Waals surface area contributed by atoms with E-state index < -0.39 is 0 Å². The minimum atomic E-state index is 0.391. The lowest BCUT2D eigenvalue weighted by Gasteiger charge is -1.96. The minimum absolute atomic E-state index is 0.391. The molecule has 0 saturated carbocycles. The van der Waals surface area contributed by atoms with Crippen molar-refractivity contribution in [1.82, 2.24) is 14.8 Å². The predicted octanol–water partition coefficient (Wildman–Crippen LogP) is 1.66. The van der Waals surface area contributed by atoms with Crippen molar-refractivity contribution < 1.29 is 0 Å². The molecule has 3 nitrogen and oxygen atoms in total. The monoisotopic (exact) mass is 171 g/mol. The van der Waals surface area contributed by atoms with Crippen LogP contribution >= 0.6 is 11.6 Å². The van der Waals surface area contributed by atoms with Crippen LogP contribution in [0, 0.1) is 0 Å². The molecule has 0 atom stereocenters. The Morgan fingerprint density at radius 2 is 2.18 bits per heavy atom. The molecule has 0 saturated heterocycles. The van der Waals surface area contributed by atoms with Gasteiger partial charge in [0.05, 0.1) is 0 Å². The lowest BCUT2D eigenvalue weighted by atomic mass is 10.2. The molecule has 1 aliphatic rings. The maximum atomic E-state index is 5.66. The third-order valence-corrected chi connectivity index (χ3v) is 2.15. The normalized spacial score (nSPS) is 17.5. The summed E-state index contributed by atoms with van der Waals surface area (Å²) in [6.07, 6.45) is 4.73. The average Bonchev–Trinajstić information content (AvgIpc) is 2.17. The highest BCUT2D eigenvalue weighted by atomic mass is 35.5. The van der Waals surface area contributed by atoms with Crippen molar-refractivity contribution in [3.63, 3.8) is 0 Å². The largest absolute Gasteiger partial charge is 0.249 e. The van der Waals surface area contributed by atoms with Gasteiger partial charge in [0.25, 0.3) is 0 Å². The Morgan fingerprint density at radius 3 is 3.09 bits per heavy atom. The molecule has 0 fully saturated rings. The SMILES string of the molecule is Clc1nc2n(n1)CCCCC2. The van der Waals surface area contributed by atoms with Gasteiger partial charge >= 0.3 is 0 Å². The Labute approximate surface area is 70.4 Å². The molecule has 0 bridgehead atoms. The van der Waals surface area contributed by atoms with Gasteiger partial charge in [-0.3, -0.25) is 0 Å². The molecule has 0 amide bonds. The summed E-state index contributed by atoms with van der Waals surface area (Å²) < 4.78 is 1.93. The van der Waals surface area contributed by atoms with Crippen LogP contribution in [0.4, 0.5) is 0 Å². The van der Waals surface area contributed by atoms with E-state index in [1.807, 2.05) is 4.68 Å². The molecule has 2 rings (SSSR count). The molecule has 1 aromatic heterocycles. The van der Waals surface area contributed by atoms with E-state index in [4.69, 9.17) is 11.6 Å². The molecule has 0 unspecified atom stereocenters. The number of nitrogens with zero attached hydrogens (tertiary/aromatic N) is 3. The first-order valence-corrected chi connectivity index (χ1v) is 4.33. The second kappa shape index (κ2) is 2.81. The van der Waals surface area contributed by atoms with E-state index in [0.717, 1.165) is 18.8 Å². The maximum absolute atomic E-state index is 5.66. The van der Waals surface area contributed by atoms with Crippen LogP contribution in [0.1, 0.15) is 25.1 Å². The van der Waals surface area contributed by atoms with Crippen LogP contribution in [-0.4, -0.2) is 14.8 Å². The van der Waals surface area contributed by atoms with Gasteiger partial charge < -0.3 is 0 Å². The summed E-state index contributed by atoms with van der Waals surface area (Å²) in [5.74, 6) is 1.05. The molecule has 0 radical (unpaired) electrons. The molecule has 2 heterocycles. The highest BCUT2D eigenvalue weighted by Crippen LogP contribution is 2.13. The zero-order chi connectivity index (χ0) is 7.68. The fraction of sp³-hybridized carbons (Fsp3) is 0.714. The van der Waals surface area contributed by atoms with E-state index >= 15 is 0 Å². The van der Waals surface area contributed by atoms with E-state index in [1.54, 1.807) is 0 Å². The topological polar surface area (TPSA) is 30.7 Å². The molecule has 0 spiro atoms. The van der Waals surface area contributed by atoms with Gasteiger partial charge in [0.15, 0.2) is 0 Å². The first-order valence-electron chi connectivity index (χ1n) is 3.95. The van der Waals surface area contributed by atoms with Crippen LogP contribution < -0.4 is 0 Å². The van der Waals surface area contributed by atoms with Crippen LogP contribution in [-0.2, 0) is 13.0 Å². The number of fused-ring (bicyclic) bond motifs is 1. The van der Waals surface area contributed by atoms with Gasteiger partial charge in [-0.05, 0) is 24.4 Å². The number of aromatic nitrogens is 3. The molecule has 0 aromatic carbocycles. The number of rotatable bonds is 0. The average molecular weight is 172 g/mol. The summed E-state index contributed by atoms with van der Waals surface area (Å²) >= 11 is 5.66. The predicted molar refractivity (Wildman–Crippen MR) is 42.6 cm³/mol. The quantitative estimate of drug-likeness (QED) is 0.595. The second-order valence-electron chi connectivity index (χ2n) is 2.83. The van der Waals surface area contributed by atoms with Crippen LogP contribution in [0.2, 0.25) is 5.28 Å². The van der Waals surface area contributed by atoms with E-state index in [2.05, 4.69) is 10.1 Å². The van der Waals surface area contributed by atoms with Gasteiger partial charge in [-0.1, -0.05) is 6.42 Å². The fourth-order valence-corrected chi connectivity index (χ4v) is 1.62. The minimum Gasteiger partial charge on any atom is -0.249 e. The van der Waals surface area contributed by atoms with Gasteiger partial charge in [-0.2, -0.15) is 0 Å². The van der Waals surface area contributed by atoms with Gasteiger partial charge in [-0.25, -0.2) is 9.67 Å². The summed E-state index contributed by atoms with van der Waals surface area (Å²) in [7, 11) is 0. The highest BCUT2D eigenvalue weighted by Gasteiger charge is 2.10. The van der Waals surface area contributed by atoms with E-state index in [1.165, 1.54) is 19.3 Å². The first-order chi connectivity index (χ1) is 5.36. The number of hydrogen-bond acceptors (Lipinski definition) is 2. The van der Waals surface area contributed by atoms with Crippen LogP contribution in [0.3, 0.4) is 0 Å². The van der Waals surface area contributed by atoms with Gasteiger partial charge in [0.2, 0.25) is 5.28 Å². The summed E-state index contributed by atoms with van der Waals surface area (Å²) in [4.78, 5) is 4.13. The van der Waals surface area contributed by atoms with Gasteiger partial charge in [0, 0.05) is 13.0 Å². The molecular formula is C7H10ClN3. The van der Waals surface area contributed by atoms with Crippen molar-refractivity contribution in [3.8, 4) is 0 Å². The third-order valence-electron chi connectivity index (χ3n) is 1.99. The maximum Gasteiger partial charge on any atom is 0.242 e. The van der Waals surface area contributed by atoms with Gasteiger partial charge in [-0.15, -0.1) is 5.10 Å². The van der Waals surface area contributed by atoms with Gasteiger partial charge in [0.1, 0.15) is 5.82 Å². The summed E-state index contributed by atoms with van der Waals surface area (Å²) in [5.41, 5.74) is 0. The Hall–Kier alpha value is -0.570. The molecule has 0 aliphatic carbocycles. The van der Waals surface area contributed by atoms with Crippen molar-refractivity contribution in [3.05, 3.63) is 11.1 Å². The van der Waals surface area contributed by atoms with Crippen LogP contribution in [0.15, 0.2) is 0 Å². The van der Waals surface area contributed by atoms with E-state index in [0.29, 0.717) is 5.28 Å². The van der Waals surface area contributed by atoms with Crippen molar-refractivity contribution in [1.29, 1.82) is 0 Å². The highest BCUT2D eigenvalue weighted by molar-refractivity contribution is 6.28.